The Labute approximate surface area is 216 Å². The average Bonchev–Trinajstić information content (AvgIpc) is 2.79. The van der Waals surface area contributed by atoms with Gasteiger partial charge in [-0.15, -0.1) is 0 Å². The molecule has 0 aliphatic heterocycles. The standard InChI is InChI=1S/C20H17Cl2F2N5O7S/c21-11-3-9(29-20(33)27-19(32)16(28-29)18(23)24)4-12(22)17(11)36-15-5-14(13(31)7-25-15)37(34,35)26-6-8-1-10(30)2-8/h3-5,7-8,10,18,26,30-31H,1-2,6H2,(H,27,32,33)/t8-,10+. The van der Waals surface area contributed by atoms with Gasteiger partial charge < -0.3 is 14.9 Å². The molecule has 0 spiro atoms. The summed E-state index contributed by atoms with van der Waals surface area (Å²) in [6.45, 7) is 0.0574. The fourth-order valence-corrected chi connectivity index (χ4v) is 5.20. The van der Waals surface area contributed by atoms with Gasteiger partial charge in [0.25, 0.3) is 12.0 Å². The number of ether oxygens (including phenoxy) is 1. The lowest BCUT2D eigenvalue weighted by Crippen LogP contribution is -2.38. The van der Waals surface area contributed by atoms with Crippen LogP contribution in [0.1, 0.15) is 25.0 Å². The van der Waals surface area contributed by atoms with Crippen molar-refractivity contribution in [3.05, 3.63) is 61.0 Å². The fourth-order valence-electron chi connectivity index (χ4n) is 3.46. The smallest absolute Gasteiger partial charge is 0.349 e. The van der Waals surface area contributed by atoms with Crippen molar-refractivity contribution < 1.29 is 32.1 Å². The highest BCUT2D eigenvalue weighted by Crippen LogP contribution is 2.38. The Balaban J connectivity index is 1.62. The summed E-state index contributed by atoms with van der Waals surface area (Å²) in [6.07, 6.45) is -1.98. The largest absolute Gasteiger partial charge is 0.505 e. The van der Waals surface area contributed by atoms with E-state index in [1.54, 1.807) is 4.98 Å². The summed E-state index contributed by atoms with van der Waals surface area (Å²) in [5.74, 6) is -1.26. The second kappa shape index (κ2) is 10.3. The molecule has 1 aliphatic rings. The van der Waals surface area contributed by atoms with Crippen molar-refractivity contribution in [1.82, 2.24) is 24.5 Å². The number of halogens is 4. The van der Waals surface area contributed by atoms with Crippen LogP contribution < -0.4 is 20.7 Å². The van der Waals surface area contributed by atoms with Crippen molar-refractivity contribution in [1.29, 1.82) is 0 Å². The predicted octanol–water partition coefficient (Wildman–Crippen LogP) is 2.11. The number of rotatable bonds is 8. The number of pyridine rings is 1. The number of aromatic nitrogens is 4. The maximum Gasteiger partial charge on any atom is 0.349 e. The number of nitrogens with zero attached hydrogens (tertiary/aromatic N) is 3. The van der Waals surface area contributed by atoms with Gasteiger partial charge in [-0.3, -0.25) is 9.78 Å². The average molecular weight is 580 g/mol. The van der Waals surface area contributed by atoms with E-state index in [-0.39, 0.29) is 39.8 Å². The van der Waals surface area contributed by atoms with E-state index in [1.165, 1.54) is 0 Å². The van der Waals surface area contributed by atoms with E-state index in [0.717, 1.165) is 24.4 Å². The van der Waals surface area contributed by atoms with Crippen molar-refractivity contribution >= 4 is 33.2 Å². The Morgan fingerprint density at radius 2 is 1.86 bits per heavy atom. The first kappa shape index (κ1) is 26.9. The van der Waals surface area contributed by atoms with Crippen LogP contribution in [-0.2, 0) is 10.0 Å². The van der Waals surface area contributed by atoms with Gasteiger partial charge in [0.05, 0.1) is 28.0 Å². The molecule has 0 radical (unpaired) electrons. The molecule has 12 nitrogen and oxygen atoms in total. The molecule has 0 atom stereocenters. The van der Waals surface area contributed by atoms with Crippen LogP contribution in [0.25, 0.3) is 5.69 Å². The molecule has 4 rings (SSSR count). The Morgan fingerprint density at radius 3 is 2.46 bits per heavy atom. The van der Waals surface area contributed by atoms with Crippen LogP contribution in [0.3, 0.4) is 0 Å². The van der Waals surface area contributed by atoms with E-state index in [0.29, 0.717) is 17.5 Å². The van der Waals surface area contributed by atoms with Crippen LogP contribution in [0, 0.1) is 5.92 Å². The van der Waals surface area contributed by atoms with Crippen LogP contribution in [0.4, 0.5) is 8.78 Å². The normalized spacial score (nSPS) is 17.6. The van der Waals surface area contributed by atoms with E-state index in [4.69, 9.17) is 27.9 Å². The maximum atomic E-state index is 13.0. The van der Waals surface area contributed by atoms with Crippen LogP contribution in [0.15, 0.2) is 38.9 Å². The zero-order valence-electron chi connectivity index (χ0n) is 18.4. The zero-order chi connectivity index (χ0) is 27.1. The minimum atomic E-state index is -4.18. The van der Waals surface area contributed by atoms with Crippen LogP contribution in [0.5, 0.6) is 17.4 Å². The van der Waals surface area contributed by atoms with Gasteiger partial charge in [-0.25, -0.2) is 31.7 Å². The monoisotopic (exact) mass is 579 g/mol. The van der Waals surface area contributed by atoms with Gasteiger partial charge in [0.15, 0.2) is 17.2 Å². The molecule has 3 aromatic rings. The van der Waals surface area contributed by atoms with Crippen molar-refractivity contribution in [2.45, 2.75) is 30.3 Å². The highest BCUT2D eigenvalue weighted by atomic mass is 35.5. The Morgan fingerprint density at radius 1 is 1.22 bits per heavy atom. The Kier molecular flexibility index (Phi) is 7.52. The highest BCUT2D eigenvalue weighted by Gasteiger charge is 2.29. The maximum absolute atomic E-state index is 13.0. The van der Waals surface area contributed by atoms with E-state index >= 15 is 0 Å². The van der Waals surface area contributed by atoms with Gasteiger partial charge in [-0.2, -0.15) is 9.78 Å². The highest BCUT2D eigenvalue weighted by molar-refractivity contribution is 7.89. The third-order valence-electron chi connectivity index (χ3n) is 5.38. The quantitative estimate of drug-likeness (QED) is 0.311. The molecule has 0 unspecified atom stereocenters. The molecule has 1 aromatic carbocycles. The summed E-state index contributed by atoms with van der Waals surface area (Å²) >= 11 is 12.4. The van der Waals surface area contributed by atoms with E-state index < -0.39 is 50.1 Å². The molecular weight excluding hydrogens is 563 g/mol. The number of aliphatic hydroxyl groups is 1. The number of sulfonamides is 1. The first-order valence-corrected chi connectivity index (χ1v) is 12.7. The van der Waals surface area contributed by atoms with Gasteiger partial charge in [0.2, 0.25) is 15.9 Å². The summed E-state index contributed by atoms with van der Waals surface area (Å²) in [5.41, 5.74) is -3.86. The number of H-pyrrole nitrogens is 1. The minimum Gasteiger partial charge on any atom is -0.505 e. The summed E-state index contributed by atoms with van der Waals surface area (Å²) < 4.78 is 59.7. The lowest BCUT2D eigenvalue weighted by atomic mass is 9.83. The fraction of sp³-hybridized carbons (Fsp3) is 0.300. The van der Waals surface area contributed by atoms with Crippen molar-refractivity contribution in [3.8, 4) is 23.1 Å². The Bertz CT molecular complexity index is 1550. The molecule has 198 valence electrons. The first-order chi connectivity index (χ1) is 17.4. The molecule has 17 heteroatoms. The number of benzene rings is 1. The van der Waals surface area contributed by atoms with Crippen LogP contribution in [0.2, 0.25) is 10.0 Å². The van der Waals surface area contributed by atoms with Gasteiger partial charge in [0, 0.05) is 12.6 Å². The van der Waals surface area contributed by atoms with Gasteiger partial charge in [-0.05, 0) is 30.9 Å². The zero-order valence-corrected chi connectivity index (χ0v) is 20.7. The molecule has 1 fully saturated rings. The van der Waals surface area contributed by atoms with Crippen molar-refractivity contribution in [2.75, 3.05) is 6.54 Å². The number of aromatic amines is 1. The third-order valence-corrected chi connectivity index (χ3v) is 7.39. The minimum absolute atomic E-state index is 0.0400. The molecule has 1 saturated carbocycles. The number of nitrogens with one attached hydrogen (secondary N) is 2. The molecular formula is C20H17Cl2F2N5O7S. The number of aliphatic hydroxyl groups excluding tert-OH is 1. The number of alkyl halides is 2. The van der Waals surface area contributed by atoms with Crippen molar-refractivity contribution in [3.63, 3.8) is 0 Å². The molecule has 0 bridgehead atoms. The summed E-state index contributed by atoms with van der Waals surface area (Å²) in [5, 5.41) is 22.2. The van der Waals surface area contributed by atoms with E-state index in [2.05, 4.69) is 14.8 Å². The second-order valence-corrected chi connectivity index (χ2v) is 10.6. The van der Waals surface area contributed by atoms with Crippen molar-refractivity contribution in [2.24, 2.45) is 5.92 Å². The lowest BCUT2D eigenvalue weighted by molar-refractivity contribution is 0.0453. The molecule has 2 heterocycles. The number of aromatic hydroxyl groups is 1. The Hall–Kier alpha value is -3.11. The lowest BCUT2D eigenvalue weighted by Gasteiger charge is -2.31. The molecule has 0 amide bonds. The molecule has 0 saturated heterocycles. The SMILES string of the molecule is O=c1[nH]c(=O)n(-c2cc(Cl)c(Oc3cc(S(=O)(=O)NC[C@H]4C[C@@H](O)C4)c(O)cn3)c(Cl)c2)nc1C(F)F. The predicted molar refractivity (Wildman–Crippen MR) is 125 cm³/mol. The summed E-state index contributed by atoms with van der Waals surface area (Å²) in [4.78, 5) is 28.6. The first-order valence-electron chi connectivity index (χ1n) is 10.4. The van der Waals surface area contributed by atoms with Gasteiger partial charge >= 0.3 is 5.69 Å². The van der Waals surface area contributed by atoms with Crippen LogP contribution >= 0.6 is 23.2 Å². The van der Waals surface area contributed by atoms with E-state index in [9.17, 15) is 37.0 Å². The molecule has 37 heavy (non-hydrogen) atoms. The third kappa shape index (κ3) is 5.75. The molecule has 4 N–H and O–H groups in total. The topological polar surface area (TPSA) is 176 Å². The second-order valence-electron chi connectivity index (χ2n) is 8.03. The number of hydrogen-bond acceptors (Lipinski definition) is 9. The van der Waals surface area contributed by atoms with Gasteiger partial charge in [-0.1, -0.05) is 23.2 Å². The summed E-state index contributed by atoms with van der Waals surface area (Å²) in [6, 6.07) is 3.09. The molecule has 1 aliphatic carbocycles. The van der Waals surface area contributed by atoms with Crippen LogP contribution in [-0.4, -0.2) is 51.0 Å². The summed E-state index contributed by atoms with van der Waals surface area (Å²) in [7, 11) is -4.18. The molecule has 2 aromatic heterocycles. The van der Waals surface area contributed by atoms with Gasteiger partial charge in [0.1, 0.15) is 4.90 Å². The van der Waals surface area contributed by atoms with E-state index in [1.807, 2.05) is 0 Å². The number of hydrogen-bond donors (Lipinski definition) is 4.